The lowest BCUT2D eigenvalue weighted by molar-refractivity contribution is -0.138. The van der Waals surface area contributed by atoms with Crippen molar-refractivity contribution in [2.45, 2.75) is 38.8 Å². The SMILES string of the molecule is CCOC(=O)C1=C(CSc2cc(C)c3cccc(C)c3n2)NC(=O)N[C@H]1C. The number of benzene rings is 1. The highest BCUT2D eigenvalue weighted by Gasteiger charge is 2.29. The van der Waals surface area contributed by atoms with E-state index < -0.39 is 12.0 Å². The molecule has 0 saturated carbocycles. The summed E-state index contributed by atoms with van der Waals surface area (Å²) in [7, 11) is 0. The number of aromatic nitrogens is 1. The fourth-order valence-corrected chi connectivity index (χ4v) is 4.08. The molecule has 0 unspecified atom stereocenters. The predicted molar refractivity (Wildman–Crippen MR) is 107 cm³/mol. The van der Waals surface area contributed by atoms with Crippen LogP contribution in [0, 0.1) is 13.8 Å². The molecule has 0 bridgehead atoms. The number of urea groups is 1. The quantitative estimate of drug-likeness (QED) is 0.609. The molecule has 1 aromatic carbocycles. The van der Waals surface area contributed by atoms with E-state index in [1.54, 1.807) is 13.8 Å². The van der Waals surface area contributed by atoms with Gasteiger partial charge >= 0.3 is 12.0 Å². The number of fused-ring (bicyclic) bond motifs is 1. The number of pyridine rings is 1. The number of nitrogens with zero attached hydrogens (tertiary/aromatic N) is 1. The molecule has 1 aliphatic heterocycles. The zero-order valence-corrected chi connectivity index (χ0v) is 16.7. The second-order valence-corrected chi connectivity index (χ2v) is 7.47. The van der Waals surface area contributed by atoms with E-state index in [4.69, 9.17) is 9.72 Å². The predicted octanol–water partition coefficient (Wildman–Crippen LogP) is 3.46. The highest BCUT2D eigenvalue weighted by molar-refractivity contribution is 7.99. The Balaban J connectivity index is 1.90. The van der Waals surface area contributed by atoms with Gasteiger partial charge in [0.1, 0.15) is 0 Å². The van der Waals surface area contributed by atoms with Crippen LogP contribution in [0.15, 0.2) is 40.6 Å². The van der Waals surface area contributed by atoms with Crippen molar-refractivity contribution in [3.63, 3.8) is 0 Å². The minimum Gasteiger partial charge on any atom is -0.463 e. The van der Waals surface area contributed by atoms with Crippen LogP contribution in [0.4, 0.5) is 4.79 Å². The molecule has 0 aliphatic carbocycles. The number of hydrogen-bond donors (Lipinski definition) is 2. The minimum absolute atomic E-state index is 0.286. The lowest BCUT2D eigenvalue weighted by atomic mass is 10.1. The van der Waals surface area contributed by atoms with Crippen LogP contribution < -0.4 is 10.6 Å². The van der Waals surface area contributed by atoms with Crippen molar-refractivity contribution in [3.8, 4) is 0 Å². The van der Waals surface area contributed by atoms with E-state index in [1.165, 1.54) is 11.8 Å². The molecule has 0 saturated heterocycles. The zero-order valence-electron chi connectivity index (χ0n) is 15.9. The van der Waals surface area contributed by atoms with Crippen LogP contribution in [0.1, 0.15) is 25.0 Å². The van der Waals surface area contributed by atoms with E-state index in [9.17, 15) is 9.59 Å². The first-order valence-corrected chi connectivity index (χ1v) is 9.86. The molecule has 2 heterocycles. The molecule has 0 spiro atoms. The van der Waals surface area contributed by atoms with Gasteiger partial charge in [-0.3, -0.25) is 0 Å². The van der Waals surface area contributed by atoms with Gasteiger partial charge in [-0.05, 0) is 44.9 Å². The molecule has 2 N–H and O–H groups in total. The highest BCUT2D eigenvalue weighted by Crippen LogP contribution is 2.28. The topological polar surface area (TPSA) is 80.3 Å². The van der Waals surface area contributed by atoms with Gasteiger partial charge in [-0.2, -0.15) is 0 Å². The minimum atomic E-state index is -0.411. The van der Waals surface area contributed by atoms with Gasteiger partial charge in [0.25, 0.3) is 0 Å². The normalized spacial score (nSPS) is 16.9. The number of ether oxygens (including phenoxy) is 1. The van der Waals surface area contributed by atoms with Crippen molar-refractivity contribution in [1.29, 1.82) is 0 Å². The molecule has 142 valence electrons. The fraction of sp³-hybridized carbons (Fsp3) is 0.350. The Bertz CT molecular complexity index is 939. The number of thioether (sulfide) groups is 1. The summed E-state index contributed by atoms with van der Waals surface area (Å²) in [5.41, 5.74) is 4.26. The second kappa shape index (κ2) is 8.00. The Morgan fingerprint density at radius 1 is 1.30 bits per heavy atom. The maximum absolute atomic E-state index is 12.3. The monoisotopic (exact) mass is 385 g/mol. The number of hydrogen-bond acceptors (Lipinski definition) is 5. The van der Waals surface area contributed by atoms with E-state index >= 15 is 0 Å². The number of rotatable bonds is 5. The van der Waals surface area contributed by atoms with E-state index in [0.29, 0.717) is 17.0 Å². The first kappa shape index (κ1) is 19.2. The first-order chi connectivity index (χ1) is 12.9. The summed E-state index contributed by atoms with van der Waals surface area (Å²) in [6.07, 6.45) is 0. The van der Waals surface area contributed by atoms with Crippen LogP contribution in [-0.4, -0.2) is 35.4 Å². The summed E-state index contributed by atoms with van der Waals surface area (Å²) in [5, 5.41) is 7.44. The van der Waals surface area contributed by atoms with Crippen LogP contribution in [0.3, 0.4) is 0 Å². The molecule has 6 nitrogen and oxygen atoms in total. The Kier molecular flexibility index (Phi) is 5.70. The van der Waals surface area contributed by atoms with Gasteiger partial charge in [-0.1, -0.05) is 18.2 Å². The van der Waals surface area contributed by atoms with Crippen molar-refractivity contribution < 1.29 is 14.3 Å². The summed E-state index contributed by atoms with van der Waals surface area (Å²) >= 11 is 1.49. The lowest BCUT2D eigenvalue weighted by Gasteiger charge is -2.26. The molecular formula is C20H23N3O3S. The average molecular weight is 385 g/mol. The van der Waals surface area contributed by atoms with Gasteiger partial charge in [-0.15, -0.1) is 11.8 Å². The third-order valence-corrected chi connectivity index (χ3v) is 5.39. The van der Waals surface area contributed by atoms with Crippen molar-refractivity contribution in [2.75, 3.05) is 12.4 Å². The molecule has 7 heteroatoms. The van der Waals surface area contributed by atoms with Crippen LogP contribution in [0.2, 0.25) is 0 Å². The molecule has 1 aromatic heterocycles. The molecule has 0 radical (unpaired) electrons. The Morgan fingerprint density at radius 2 is 2.07 bits per heavy atom. The van der Waals surface area contributed by atoms with E-state index in [0.717, 1.165) is 27.1 Å². The molecule has 27 heavy (non-hydrogen) atoms. The van der Waals surface area contributed by atoms with Crippen LogP contribution in [0.25, 0.3) is 10.9 Å². The van der Waals surface area contributed by atoms with Crippen molar-refractivity contribution in [2.24, 2.45) is 0 Å². The van der Waals surface area contributed by atoms with Crippen LogP contribution in [0.5, 0.6) is 0 Å². The number of aryl methyl sites for hydroxylation is 2. The number of carbonyl (C=O) groups is 2. The third kappa shape index (κ3) is 4.08. The van der Waals surface area contributed by atoms with Crippen LogP contribution >= 0.6 is 11.8 Å². The number of para-hydroxylation sites is 1. The van der Waals surface area contributed by atoms with Crippen molar-refractivity contribution in [3.05, 3.63) is 46.7 Å². The van der Waals surface area contributed by atoms with E-state index in [2.05, 4.69) is 23.6 Å². The summed E-state index contributed by atoms with van der Waals surface area (Å²) < 4.78 is 5.15. The first-order valence-electron chi connectivity index (χ1n) is 8.88. The molecule has 2 aromatic rings. The second-order valence-electron chi connectivity index (χ2n) is 6.47. The standard InChI is InChI=1S/C20H23N3O3S/c1-5-26-19(24)17-13(4)21-20(25)22-15(17)10-27-16-9-12(3)14-8-6-7-11(2)18(14)23-16/h6-9,13H,5,10H2,1-4H3,(H2,21,22,25)/t13-/m0/s1. The third-order valence-electron chi connectivity index (χ3n) is 4.45. The lowest BCUT2D eigenvalue weighted by Crippen LogP contribution is -2.49. The van der Waals surface area contributed by atoms with Gasteiger partial charge in [0.2, 0.25) is 0 Å². The largest absolute Gasteiger partial charge is 0.463 e. The molecular weight excluding hydrogens is 362 g/mol. The molecule has 3 rings (SSSR count). The summed E-state index contributed by atoms with van der Waals surface area (Å²) in [6.45, 7) is 7.92. The Morgan fingerprint density at radius 3 is 2.81 bits per heavy atom. The highest BCUT2D eigenvalue weighted by atomic mass is 32.2. The summed E-state index contributed by atoms with van der Waals surface area (Å²) in [5.74, 6) is 0.0158. The zero-order chi connectivity index (χ0) is 19.6. The smallest absolute Gasteiger partial charge is 0.337 e. The van der Waals surface area contributed by atoms with Crippen molar-refractivity contribution >= 4 is 34.7 Å². The maximum atomic E-state index is 12.3. The van der Waals surface area contributed by atoms with Gasteiger partial charge in [0, 0.05) is 16.8 Å². The molecule has 2 amide bonds. The molecule has 1 atom stereocenters. The van der Waals surface area contributed by atoms with Gasteiger partial charge in [0.05, 0.1) is 28.8 Å². The van der Waals surface area contributed by atoms with Gasteiger partial charge in [-0.25, -0.2) is 14.6 Å². The number of esters is 1. The summed E-state index contributed by atoms with van der Waals surface area (Å²) in [4.78, 5) is 28.9. The molecule has 1 aliphatic rings. The number of carbonyl (C=O) groups excluding carboxylic acids is 2. The maximum Gasteiger partial charge on any atom is 0.337 e. The van der Waals surface area contributed by atoms with Crippen molar-refractivity contribution in [1.82, 2.24) is 15.6 Å². The van der Waals surface area contributed by atoms with Crippen LogP contribution in [-0.2, 0) is 9.53 Å². The van der Waals surface area contributed by atoms with Gasteiger partial charge < -0.3 is 15.4 Å². The number of nitrogens with one attached hydrogen (secondary N) is 2. The van der Waals surface area contributed by atoms with Gasteiger partial charge in [0.15, 0.2) is 0 Å². The fourth-order valence-electron chi connectivity index (χ4n) is 3.14. The van der Waals surface area contributed by atoms with E-state index in [-0.39, 0.29) is 12.6 Å². The average Bonchev–Trinajstić information content (AvgIpc) is 2.60. The Hall–Kier alpha value is -2.54. The van der Waals surface area contributed by atoms with E-state index in [1.807, 2.05) is 25.1 Å². The number of amides is 2. The summed E-state index contributed by atoms with van der Waals surface area (Å²) in [6, 6.07) is 7.45. The Labute approximate surface area is 162 Å². The molecule has 0 fully saturated rings.